The molecule has 0 radical (unpaired) electrons. The first-order valence-electron chi connectivity index (χ1n) is 9.37. The molecule has 1 N–H and O–H groups in total. The third-order valence-corrected chi connectivity index (χ3v) is 4.81. The standard InChI is InChI=1S/C23H17F2N3O3/c1-12(29)17-9-20-18(10-21(17)31-2)23(30)28-22(27-20)5-13-3-4-19(26-11-13)14-6-15(24)8-16(25)7-14/h3-4,6-11H,5H2,1-2H3,(H,27,28,30). The van der Waals surface area contributed by atoms with Gasteiger partial charge in [-0.25, -0.2) is 13.8 Å². The molecule has 4 aromatic rings. The van der Waals surface area contributed by atoms with Crippen LogP contribution in [0.15, 0.2) is 53.5 Å². The van der Waals surface area contributed by atoms with Crippen molar-refractivity contribution in [2.24, 2.45) is 0 Å². The van der Waals surface area contributed by atoms with Gasteiger partial charge in [-0.3, -0.25) is 14.6 Å². The molecule has 4 rings (SSSR count). The number of fused-ring (bicyclic) bond motifs is 1. The van der Waals surface area contributed by atoms with Crippen molar-refractivity contribution >= 4 is 16.7 Å². The predicted molar refractivity (Wildman–Crippen MR) is 111 cm³/mol. The van der Waals surface area contributed by atoms with Crippen LogP contribution in [-0.4, -0.2) is 27.8 Å². The Morgan fingerprint density at radius 3 is 2.45 bits per heavy atom. The molecule has 0 fully saturated rings. The molecule has 0 saturated heterocycles. The second-order valence-electron chi connectivity index (χ2n) is 7.03. The van der Waals surface area contributed by atoms with E-state index in [0.717, 1.165) is 11.6 Å². The summed E-state index contributed by atoms with van der Waals surface area (Å²) in [5, 5.41) is 0.312. The summed E-state index contributed by atoms with van der Waals surface area (Å²) in [5.74, 6) is -0.853. The van der Waals surface area contributed by atoms with Crippen molar-refractivity contribution in [1.82, 2.24) is 15.0 Å². The van der Waals surface area contributed by atoms with E-state index in [-0.39, 0.29) is 17.8 Å². The summed E-state index contributed by atoms with van der Waals surface area (Å²) in [5.41, 5.74) is 1.85. The number of nitrogens with one attached hydrogen (secondary N) is 1. The number of aromatic nitrogens is 3. The lowest BCUT2D eigenvalue weighted by Gasteiger charge is -2.09. The van der Waals surface area contributed by atoms with Crippen LogP contribution in [0.4, 0.5) is 8.78 Å². The fraction of sp³-hybridized carbons (Fsp3) is 0.130. The van der Waals surface area contributed by atoms with Gasteiger partial charge in [0.05, 0.1) is 29.3 Å². The number of benzene rings is 2. The molecule has 2 aromatic carbocycles. The maximum Gasteiger partial charge on any atom is 0.258 e. The number of hydrogen-bond acceptors (Lipinski definition) is 5. The highest BCUT2D eigenvalue weighted by atomic mass is 19.1. The minimum Gasteiger partial charge on any atom is -0.496 e. The van der Waals surface area contributed by atoms with Gasteiger partial charge in [-0.05, 0) is 42.8 Å². The van der Waals surface area contributed by atoms with Crippen LogP contribution in [0.3, 0.4) is 0 Å². The number of Topliss-reactive ketones (excluding diaryl/α,β-unsaturated/α-hetero) is 1. The SMILES string of the molecule is COc1cc2c(=O)[nH]c(Cc3ccc(-c4cc(F)cc(F)c4)nc3)nc2cc1C(C)=O. The molecule has 0 aliphatic carbocycles. The van der Waals surface area contributed by atoms with Crippen molar-refractivity contribution < 1.29 is 18.3 Å². The van der Waals surface area contributed by atoms with E-state index in [0.29, 0.717) is 39.3 Å². The number of ketones is 1. The summed E-state index contributed by atoms with van der Waals surface area (Å²) in [7, 11) is 1.43. The molecule has 31 heavy (non-hydrogen) atoms. The second-order valence-corrected chi connectivity index (χ2v) is 7.03. The van der Waals surface area contributed by atoms with E-state index in [4.69, 9.17) is 4.74 Å². The van der Waals surface area contributed by atoms with Gasteiger partial charge in [0, 0.05) is 24.2 Å². The summed E-state index contributed by atoms with van der Waals surface area (Å²) in [6.45, 7) is 1.41. The quantitative estimate of drug-likeness (QED) is 0.491. The fourth-order valence-electron chi connectivity index (χ4n) is 3.34. The summed E-state index contributed by atoms with van der Waals surface area (Å²) in [6, 6.07) is 9.62. The van der Waals surface area contributed by atoms with Crippen molar-refractivity contribution in [3.63, 3.8) is 0 Å². The van der Waals surface area contributed by atoms with Gasteiger partial charge < -0.3 is 9.72 Å². The van der Waals surface area contributed by atoms with E-state index >= 15 is 0 Å². The predicted octanol–water partition coefficient (Wildman–Crippen LogP) is 4.07. The molecule has 2 aromatic heterocycles. The minimum absolute atomic E-state index is 0.198. The molecule has 0 atom stereocenters. The summed E-state index contributed by atoms with van der Waals surface area (Å²) in [6.07, 6.45) is 1.83. The highest BCUT2D eigenvalue weighted by Crippen LogP contribution is 2.24. The monoisotopic (exact) mass is 421 g/mol. The van der Waals surface area contributed by atoms with Crippen LogP contribution in [0.2, 0.25) is 0 Å². The molecule has 0 aliphatic heterocycles. The lowest BCUT2D eigenvalue weighted by molar-refractivity contribution is 0.101. The lowest BCUT2D eigenvalue weighted by Crippen LogP contribution is -2.13. The number of methoxy groups -OCH3 is 1. The average Bonchev–Trinajstić information content (AvgIpc) is 2.72. The van der Waals surface area contributed by atoms with E-state index < -0.39 is 11.6 Å². The number of H-pyrrole nitrogens is 1. The third-order valence-electron chi connectivity index (χ3n) is 4.81. The third kappa shape index (κ3) is 4.18. The number of rotatable bonds is 5. The fourth-order valence-corrected chi connectivity index (χ4v) is 3.34. The van der Waals surface area contributed by atoms with E-state index in [1.54, 1.807) is 18.3 Å². The van der Waals surface area contributed by atoms with E-state index in [1.807, 2.05) is 0 Å². The number of halogens is 2. The number of carbonyl (C=O) groups is 1. The lowest BCUT2D eigenvalue weighted by atomic mass is 10.1. The summed E-state index contributed by atoms with van der Waals surface area (Å²) < 4.78 is 32.1. The van der Waals surface area contributed by atoms with Crippen molar-refractivity contribution in [2.45, 2.75) is 13.3 Å². The maximum atomic E-state index is 13.4. The molecular weight excluding hydrogens is 404 g/mol. The minimum atomic E-state index is -0.680. The molecule has 0 amide bonds. The Kier molecular flexibility index (Phi) is 5.29. The van der Waals surface area contributed by atoms with Gasteiger partial charge in [0.2, 0.25) is 0 Å². The smallest absolute Gasteiger partial charge is 0.258 e. The molecule has 8 heteroatoms. The number of pyridine rings is 1. The van der Waals surface area contributed by atoms with Crippen LogP contribution in [0.5, 0.6) is 5.75 Å². The molecule has 156 valence electrons. The van der Waals surface area contributed by atoms with Gasteiger partial charge in [-0.2, -0.15) is 0 Å². The molecular formula is C23H17F2N3O3. The van der Waals surface area contributed by atoms with Crippen LogP contribution < -0.4 is 10.3 Å². The average molecular weight is 421 g/mol. The van der Waals surface area contributed by atoms with Gasteiger partial charge in [-0.1, -0.05) is 6.07 Å². The molecule has 2 heterocycles. The zero-order valence-electron chi connectivity index (χ0n) is 16.7. The van der Waals surface area contributed by atoms with E-state index in [9.17, 15) is 18.4 Å². The molecule has 0 saturated carbocycles. The molecule has 0 spiro atoms. The first kappa shape index (κ1) is 20.3. The van der Waals surface area contributed by atoms with Gasteiger partial charge in [-0.15, -0.1) is 0 Å². The van der Waals surface area contributed by atoms with Crippen LogP contribution >= 0.6 is 0 Å². The van der Waals surface area contributed by atoms with E-state index in [1.165, 1.54) is 38.3 Å². The Labute approximate surface area is 175 Å². The van der Waals surface area contributed by atoms with Crippen molar-refractivity contribution in [3.05, 3.63) is 87.6 Å². The second kappa shape index (κ2) is 8.06. The normalized spacial score (nSPS) is 11.0. The summed E-state index contributed by atoms with van der Waals surface area (Å²) >= 11 is 0. The molecule has 6 nitrogen and oxygen atoms in total. The number of ether oxygens (including phenoxy) is 1. The molecule has 0 unspecified atom stereocenters. The van der Waals surface area contributed by atoms with Crippen molar-refractivity contribution in [3.8, 4) is 17.0 Å². The Balaban J connectivity index is 1.66. The Morgan fingerprint density at radius 2 is 1.84 bits per heavy atom. The van der Waals surface area contributed by atoms with Crippen LogP contribution in [-0.2, 0) is 6.42 Å². The zero-order chi connectivity index (χ0) is 22.1. The van der Waals surface area contributed by atoms with Crippen molar-refractivity contribution in [2.75, 3.05) is 7.11 Å². The highest BCUT2D eigenvalue weighted by Gasteiger charge is 2.14. The topological polar surface area (TPSA) is 84.9 Å². The number of nitrogens with zero attached hydrogens (tertiary/aromatic N) is 2. The van der Waals surface area contributed by atoms with Crippen molar-refractivity contribution in [1.29, 1.82) is 0 Å². The van der Waals surface area contributed by atoms with Gasteiger partial charge in [0.15, 0.2) is 5.78 Å². The van der Waals surface area contributed by atoms with Gasteiger partial charge >= 0.3 is 0 Å². The number of aromatic amines is 1. The van der Waals surface area contributed by atoms with E-state index in [2.05, 4.69) is 15.0 Å². The Morgan fingerprint density at radius 1 is 1.10 bits per heavy atom. The van der Waals surface area contributed by atoms with Crippen LogP contribution in [0, 0.1) is 11.6 Å². The first-order valence-corrected chi connectivity index (χ1v) is 9.37. The van der Waals surface area contributed by atoms with Crippen LogP contribution in [0.1, 0.15) is 28.7 Å². The zero-order valence-corrected chi connectivity index (χ0v) is 16.7. The maximum absolute atomic E-state index is 13.4. The first-order chi connectivity index (χ1) is 14.8. The Hall–Kier alpha value is -3.94. The largest absolute Gasteiger partial charge is 0.496 e. The van der Waals surface area contributed by atoms with Gasteiger partial charge in [0.25, 0.3) is 5.56 Å². The molecule has 0 bridgehead atoms. The van der Waals surface area contributed by atoms with Gasteiger partial charge in [0.1, 0.15) is 23.2 Å². The molecule has 0 aliphatic rings. The van der Waals surface area contributed by atoms with Crippen LogP contribution in [0.25, 0.3) is 22.2 Å². The number of carbonyl (C=O) groups excluding carboxylic acids is 1. The number of hydrogen-bond donors (Lipinski definition) is 1. The Bertz CT molecular complexity index is 1350. The summed E-state index contributed by atoms with van der Waals surface area (Å²) in [4.78, 5) is 35.8. The highest BCUT2D eigenvalue weighted by molar-refractivity contribution is 6.00.